The van der Waals surface area contributed by atoms with Crippen molar-refractivity contribution in [1.29, 1.82) is 0 Å². The molecule has 0 saturated carbocycles. The monoisotopic (exact) mass is 245 g/mol. The third-order valence-electron chi connectivity index (χ3n) is 2.78. The molecule has 0 spiro atoms. The van der Waals surface area contributed by atoms with Crippen LogP contribution in [0.3, 0.4) is 0 Å². The highest BCUT2D eigenvalue weighted by molar-refractivity contribution is 5.83. The van der Waals surface area contributed by atoms with Gasteiger partial charge >= 0.3 is 5.97 Å². The number of hydrogen-bond acceptors (Lipinski definition) is 3. The summed E-state index contributed by atoms with van der Waals surface area (Å²) in [6, 6.07) is -0.803. The van der Waals surface area contributed by atoms with Crippen molar-refractivity contribution in [2.24, 2.45) is 11.8 Å². The lowest BCUT2D eigenvalue weighted by Crippen LogP contribution is -2.45. The van der Waals surface area contributed by atoms with Gasteiger partial charge in [0, 0.05) is 20.1 Å². The predicted molar refractivity (Wildman–Crippen MR) is 64.7 cm³/mol. The Morgan fingerprint density at radius 1 is 1.35 bits per heavy atom. The molecule has 3 atom stereocenters. The Balaban J connectivity index is 4.27. The Morgan fingerprint density at radius 2 is 1.94 bits per heavy atom. The third-order valence-corrected chi connectivity index (χ3v) is 2.78. The molecule has 5 nitrogen and oxygen atoms in total. The first-order valence-electron chi connectivity index (χ1n) is 5.93. The number of nitrogens with one attached hydrogen (secondary N) is 1. The van der Waals surface area contributed by atoms with Gasteiger partial charge in [-0.2, -0.15) is 0 Å². The van der Waals surface area contributed by atoms with E-state index < -0.39 is 12.0 Å². The average Bonchev–Trinajstić information content (AvgIpc) is 2.24. The lowest BCUT2D eigenvalue weighted by Gasteiger charge is -2.21. The highest BCUT2D eigenvalue weighted by atomic mass is 16.5. The molecule has 0 fully saturated rings. The largest absolute Gasteiger partial charge is 0.480 e. The van der Waals surface area contributed by atoms with Gasteiger partial charge in [0.25, 0.3) is 0 Å². The lowest BCUT2D eigenvalue weighted by atomic mass is 9.98. The van der Waals surface area contributed by atoms with Gasteiger partial charge in [0.1, 0.15) is 6.04 Å². The van der Waals surface area contributed by atoms with Gasteiger partial charge in [-0.3, -0.25) is 4.79 Å². The number of ether oxygens (including phenoxy) is 1. The van der Waals surface area contributed by atoms with Crippen molar-refractivity contribution in [3.63, 3.8) is 0 Å². The molecule has 0 bridgehead atoms. The molecule has 0 aliphatic carbocycles. The molecule has 100 valence electrons. The number of rotatable bonds is 8. The van der Waals surface area contributed by atoms with Gasteiger partial charge in [0.15, 0.2) is 0 Å². The summed E-state index contributed by atoms with van der Waals surface area (Å²) in [5, 5.41) is 11.6. The van der Waals surface area contributed by atoms with Crippen LogP contribution in [-0.4, -0.2) is 36.7 Å². The van der Waals surface area contributed by atoms with E-state index in [1.807, 2.05) is 20.8 Å². The summed E-state index contributed by atoms with van der Waals surface area (Å²) in [6.45, 7) is 6.11. The quantitative estimate of drug-likeness (QED) is 0.675. The molecule has 0 radical (unpaired) electrons. The number of carboxylic acids is 1. The molecule has 2 unspecified atom stereocenters. The Morgan fingerprint density at radius 3 is 2.35 bits per heavy atom. The minimum atomic E-state index is -0.980. The average molecular weight is 245 g/mol. The van der Waals surface area contributed by atoms with Gasteiger partial charge in [-0.15, -0.1) is 0 Å². The Kier molecular flexibility index (Phi) is 7.54. The molecule has 0 aliphatic rings. The molecule has 17 heavy (non-hydrogen) atoms. The van der Waals surface area contributed by atoms with Gasteiger partial charge in [-0.05, 0) is 11.8 Å². The summed E-state index contributed by atoms with van der Waals surface area (Å²) in [5.74, 6) is -1.20. The van der Waals surface area contributed by atoms with Crippen LogP contribution in [0.25, 0.3) is 0 Å². The minimum Gasteiger partial charge on any atom is -0.480 e. The van der Waals surface area contributed by atoms with E-state index in [-0.39, 0.29) is 24.2 Å². The molecule has 5 heteroatoms. The molecule has 0 rings (SSSR count). The predicted octanol–water partition coefficient (Wildman–Crippen LogP) is 1.27. The lowest BCUT2D eigenvalue weighted by molar-refractivity contribution is -0.143. The molecular weight excluding hydrogens is 222 g/mol. The second-order valence-electron chi connectivity index (χ2n) is 4.53. The highest BCUT2D eigenvalue weighted by Gasteiger charge is 2.25. The van der Waals surface area contributed by atoms with Crippen LogP contribution in [0.2, 0.25) is 0 Å². The summed E-state index contributed by atoms with van der Waals surface area (Å²) < 4.78 is 4.93. The fraction of sp³-hybridized carbons (Fsp3) is 0.833. The molecule has 2 N–H and O–H groups in total. The van der Waals surface area contributed by atoms with Crippen molar-refractivity contribution < 1.29 is 19.4 Å². The number of hydrogen-bond donors (Lipinski definition) is 2. The number of carbonyl (C=O) groups is 2. The number of carbonyl (C=O) groups excluding carboxylic acids is 1. The zero-order valence-electron chi connectivity index (χ0n) is 11.0. The van der Waals surface area contributed by atoms with E-state index in [0.717, 1.165) is 0 Å². The zero-order chi connectivity index (χ0) is 13.4. The molecule has 0 heterocycles. The van der Waals surface area contributed by atoms with Crippen LogP contribution in [0.15, 0.2) is 0 Å². The summed E-state index contributed by atoms with van der Waals surface area (Å²) in [5.41, 5.74) is 0. The van der Waals surface area contributed by atoms with Crippen molar-refractivity contribution in [3.8, 4) is 0 Å². The standard InChI is InChI=1S/C12H23NO4/c1-5-9(3)11(12(15)16)13-10(14)6-8(2)7-17-4/h8-9,11H,5-7H2,1-4H3,(H,13,14)(H,15,16)/t8?,9?,11-/m0/s1. The van der Waals surface area contributed by atoms with Gasteiger partial charge < -0.3 is 15.2 Å². The molecule has 1 amide bonds. The van der Waals surface area contributed by atoms with Crippen molar-refractivity contribution in [3.05, 3.63) is 0 Å². The Hall–Kier alpha value is -1.10. The maximum atomic E-state index is 11.6. The van der Waals surface area contributed by atoms with E-state index in [4.69, 9.17) is 9.84 Å². The van der Waals surface area contributed by atoms with Crippen LogP contribution in [-0.2, 0) is 14.3 Å². The second kappa shape index (κ2) is 8.06. The Labute approximate surface area is 103 Å². The topological polar surface area (TPSA) is 75.6 Å². The van der Waals surface area contributed by atoms with Gasteiger partial charge in [-0.25, -0.2) is 4.79 Å². The summed E-state index contributed by atoms with van der Waals surface area (Å²) in [6.07, 6.45) is 0.999. The molecule has 0 aromatic rings. The third kappa shape index (κ3) is 6.26. The van der Waals surface area contributed by atoms with Crippen LogP contribution in [0.1, 0.15) is 33.6 Å². The zero-order valence-corrected chi connectivity index (χ0v) is 11.0. The normalized spacial score (nSPS) is 16.0. The van der Waals surface area contributed by atoms with Crippen molar-refractivity contribution in [2.45, 2.75) is 39.7 Å². The first-order chi connectivity index (χ1) is 7.92. The molecule has 0 saturated heterocycles. The smallest absolute Gasteiger partial charge is 0.326 e. The fourth-order valence-corrected chi connectivity index (χ4v) is 1.58. The van der Waals surface area contributed by atoms with E-state index >= 15 is 0 Å². The van der Waals surface area contributed by atoms with Crippen molar-refractivity contribution in [2.75, 3.05) is 13.7 Å². The number of methoxy groups -OCH3 is 1. The second-order valence-corrected chi connectivity index (χ2v) is 4.53. The van der Waals surface area contributed by atoms with E-state index in [9.17, 15) is 9.59 Å². The summed E-state index contributed by atoms with van der Waals surface area (Å²) in [7, 11) is 1.58. The Bertz CT molecular complexity index is 255. The first-order valence-corrected chi connectivity index (χ1v) is 5.93. The van der Waals surface area contributed by atoms with Gasteiger partial charge in [-0.1, -0.05) is 27.2 Å². The molecule has 0 aromatic carbocycles. The van der Waals surface area contributed by atoms with Crippen molar-refractivity contribution >= 4 is 11.9 Å². The van der Waals surface area contributed by atoms with Gasteiger partial charge in [0.2, 0.25) is 5.91 Å². The van der Waals surface area contributed by atoms with Crippen LogP contribution < -0.4 is 5.32 Å². The van der Waals surface area contributed by atoms with Crippen LogP contribution in [0.5, 0.6) is 0 Å². The van der Waals surface area contributed by atoms with Crippen molar-refractivity contribution in [1.82, 2.24) is 5.32 Å². The van der Waals surface area contributed by atoms with E-state index in [1.165, 1.54) is 0 Å². The summed E-state index contributed by atoms with van der Waals surface area (Å²) in [4.78, 5) is 22.6. The minimum absolute atomic E-state index is 0.0748. The van der Waals surface area contributed by atoms with E-state index in [0.29, 0.717) is 13.0 Å². The maximum absolute atomic E-state index is 11.6. The first kappa shape index (κ1) is 15.9. The highest BCUT2D eigenvalue weighted by Crippen LogP contribution is 2.09. The van der Waals surface area contributed by atoms with Crippen LogP contribution in [0, 0.1) is 11.8 Å². The van der Waals surface area contributed by atoms with Gasteiger partial charge in [0.05, 0.1) is 0 Å². The molecular formula is C12H23NO4. The molecule has 0 aromatic heterocycles. The molecule has 0 aliphatic heterocycles. The van der Waals surface area contributed by atoms with E-state index in [2.05, 4.69) is 5.32 Å². The van der Waals surface area contributed by atoms with Crippen LogP contribution >= 0.6 is 0 Å². The fourth-order valence-electron chi connectivity index (χ4n) is 1.58. The maximum Gasteiger partial charge on any atom is 0.326 e. The summed E-state index contributed by atoms with van der Waals surface area (Å²) >= 11 is 0. The van der Waals surface area contributed by atoms with Crippen LogP contribution in [0.4, 0.5) is 0 Å². The SMILES string of the molecule is CCC(C)[C@H](NC(=O)CC(C)COC)C(=O)O. The number of amides is 1. The number of aliphatic carboxylic acids is 1. The van der Waals surface area contributed by atoms with E-state index in [1.54, 1.807) is 7.11 Å². The number of carboxylic acid groups (broad SMARTS) is 1.